The summed E-state index contributed by atoms with van der Waals surface area (Å²) >= 11 is 0. The van der Waals surface area contributed by atoms with E-state index in [1.54, 1.807) is 10.6 Å². The molecular weight excluding hydrogens is 354 g/mol. The van der Waals surface area contributed by atoms with Crippen LogP contribution < -0.4 is 15.6 Å². The van der Waals surface area contributed by atoms with E-state index in [-0.39, 0.29) is 24.0 Å². The van der Waals surface area contributed by atoms with Gasteiger partial charge in [-0.25, -0.2) is 0 Å². The summed E-state index contributed by atoms with van der Waals surface area (Å²) in [6.45, 7) is 8.41. The predicted molar refractivity (Wildman–Crippen MR) is 114 cm³/mol. The molecular formula is C22H33N3O3. The molecule has 0 bridgehead atoms. The molecule has 2 aromatic rings. The van der Waals surface area contributed by atoms with Crippen molar-refractivity contribution < 1.29 is 9.53 Å². The van der Waals surface area contributed by atoms with Gasteiger partial charge in [0.2, 0.25) is 0 Å². The summed E-state index contributed by atoms with van der Waals surface area (Å²) in [5.41, 5.74) is 1.91. The fourth-order valence-electron chi connectivity index (χ4n) is 3.23. The number of amides is 1. The van der Waals surface area contributed by atoms with Crippen LogP contribution in [0.25, 0.3) is 10.9 Å². The summed E-state index contributed by atoms with van der Waals surface area (Å²) in [6, 6.07) is 7.47. The molecule has 6 nitrogen and oxygen atoms in total. The Morgan fingerprint density at radius 1 is 1.25 bits per heavy atom. The number of fused-ring (bicyclic) bond motifs is 1. The predicted octanol–water partition coefficient (Wildman–Crippen LogP) is 2.98. The molecule has 0 aliphatic heterocycles. The third-order valence-electron chi connectivity index (χ3n) is 4.66. The van der Waals surface area contributed by atoms with Crippen molar-refractivity contribution in [1.29, 1.82) is 0 Å². The molecule has 0 fully saturated rings. The minimum Gasteiger partial charge on any atom is -0.484 e. The van der Waals surface area contributed by atoms with Gasteiger partial charge in [-0.15, -0.1) is 0 Å². The van der Waals surface area contributed by atoms with Crippen LogP contribution >= 0.6 is 0 Å². The maximum absolute atomic E-state index is 12.6. The first-order valence-electron chi connectivity index (χ1n) is 10.0. The number of hydrogen-bond acceptors (Lipinski definition) is 4. The van der Waals surface area contributed by atoms with Crippen LogP contribution in [0, 0.1) is 0 Å². The van der Waals surface area contributed by atoms with Crippen LogP contribution in [0.1, 0.15) is 45.1 Å². The smallest absolute Gasteiger partial charge is 0.257 e. The zero-order valence-electron chi connectivity index (χ0n) is 17.7. The number of benzene rings is 1. The maximum Gasteiger partial charge on any atom is 0.257 e. The van der Waals surface area contributed by atoms with Gasteiger partial charge in [-0.1, -0.05) is 20.8 Å². The fourth-order valence-corrected chi connectivity index (χ4v) is 3.23. The first-order valence-corrected chi connectivity index (χ1v) is 10.0. The second-order valence-electron chi connectivity index (χ2n) is 7.72. The van der Waals surface area contributed by atoms with Gasteiger partial charge in [-0.3, -0.25) is 9.59 Å². The van der Waals surface area contributed by atoms with Gasteiger partial charge < -0.3 is 19.5 Å². The summed E-state index contributed by atoms with van der Waals surface area (Å²) in [5.74, 6) is 0.716. The number of carbonyl (C=O) groups excluding carboxylic acids is 1. The molecule has 28 heavy (non-hydrogen) atoms. The van der Waals surface area contributed by atoms with E-state index in [1.807, 2.05) is 32.3 Å². The van der Waals surface area contributed by atoms with Gasteiger partial charge in [-0.2, -0.15) is 0 Å². The molecule has 0 saturated carbocycles. The molecule has 0 unspecified atom stereocenters. The van der Waals surface area contributed by atoms with E-state index in [9.17, 15) is 9.59 Å². The largest absolute Gasteiger partial charge is 0.484 e. The Balaban J connectivity index is 2.15. The molecule has 0 atom stereocenters. The molecule has 6 heteroatoms. The van der Waals surface area contributed by atoms with Crippen molar-refractivity contribution in [2.24, 2.45) is 0 Å². The molecule has 1 aromatic carbocycles. The zero-order chi connectivity index (χ0) is 20.7. The van der Waals surface area contributed by atoms with Crippen molar-refractivity contribution in [3.8, 4) is 5.75 Å². The van der Waals surface area contributed by atoms with Crippen molar-refractivity contribution in [3.63, 3.8) is 0 Å². The van der Waals surface area contributed by atoms with Crippen LogP contribution in [0.5, 0.6) is 5.75 Å². The van der Waals surface area contributed by atoms with E-state index in [0.717, 1.165) is 35.9 Å². The fraction of sp³-hybridized carbons (Fsp3) is 0.545. The second-order valence-corrected chi connectivity index (χ2v) is 7.72. The van der Waals surface area contributed by atoms with E-state index >= 15 is 0 Å². The number of aryl methyl sites for hydroxylation is 1. The highest BCUT2D eigenvalue weighted by atomic mass is 16.5. The van der Waals surface area contributed by atoms with E-state index in [4.69, 9.17) is 4.74 Å². The van der Waals surface area contributed by atoms with E-state index in [0.29, 0.717) is 18.8 Å². The highest BCUT2D eigenvalue weighted by Gasteiger charge is 2.12. The number of nitrogens with one attached hydrogen (secondary N) is 1. The molecule has 2 rings (SSSR count). The quantitative estimate of drug-likeness (QED) is 0.637. The topological polar surface area (TPSA) is 63.6 Å². The summed E-state index contributed by atoms with van der Waals surface area (Å²) < 4.78 is 7.48. The summed E-state index contributed by atoms with van der Waals surface area (Å²) in [6.07, 6.45) is 1.77. The zero-order valence-corrected chi connectivity index (χ0v) is 17.7. The number of hydrogen-bond donors (Lipinski definition) is 1. The number of carbonyl (C=O) groups is 1. The first-order chi connectivity index (χ1) is 13.3. The number of aromatic nitrogens is 1. The van der Waals surface area contributed by atoms with Crippen molar-refractivity contribution in [2.75, 3.05) is 33.8 Å². The molecule has 0 aliphatic carbocycles. The summed E-state index contributed by atoms with van der Waals surface area (Å²) in [4.78, 5) is 26.6. The van der Waals surface area contributed by atoms with Crippen molar-refractivity contribution in [3.05, 3.63) is 40.2 Å². The van der Waals surface area contributed by atoms with E-state index < -0.39 is 0 Å². The van der Waals surface area contributed by atoms with Crippen LogP contribution in [0.2, 0.25) is 0 Å². The molecule has 0 saturated heterocycles. The van der Waals surface area contributed by atoms with Crippen molar-refractivity contribution in [2.45, 2.75) is 46.1 Å². The molecule has 1 aromatic heterocycles. The Morgan fingerprint density at radius 2 is 2.00 bits per heavy atom. The lowest BCUT2D eigenvalue weighted by Crippen LogP contribution is -2.31. The first kappa shape index (κ1) is 22.0. The lowest BCUT2D eigenvalue weighted by atomic mass is 9.98. The minimum absolute atomic E-state index is 0.00818. The molecule has 1 amide bonds. The van der Waals surface area contributed by atoms with E-state index in [2.05, 4.69) is 31.0 Å². The molecule has 0 radical (unpaired) electrons. The van der Waals surface area contributed by atoms with Gasteiger partial charge in [-0.05, 0) is 57.1 Å². The summed E-state index contributed by atoms with van der Waals surface area (Å²) in [5, 5.41) is 3.92. The average Bonchev–Trinajstić information content (AvgIpc) is 2.65. The van der Waals surface area contributed by atoms with Crippen LogP contribution in [-0.2, 0) is 11.3 Å². The van der Waals surface area contributed by atoms with Gasteiger partial charge in [0.15, 0.2) is 6.61 Å². The Kier molecular flexibility index (Phi) is 8.05. The molecule has 0 spiro atoms. The van der Waals surface area contributed by atoms with Crippen LogP contribution in [0.4, 0.5) is 0 Å². The number of ether oxygens (including phenoxy) is 1. The monoisotopic (exact) mass is 387 g/mol. The lowest BCUT2D eigenvalue weighted by Gasteiger charge is -2.16. The second kappa shape index (κ2) is 10.3. The summed E-state index contributed by atoms with van der Waals surface area (Å²) in [7, 11) is 4.01. The van der Waals surface area contributed by atoms with Crippen molar-refractivity contribution in [1.82, 2.24) is 14.8 Å². The SMILES string of the molecule is CCCn1c(=O)cc(C(C)C)c2ccc(OCC(=O)NCCCN(C)C)cc21. The van der Waals surface area contributed by atoms with Crippen LogP contribution in [0.3, 0.4) is 0 Å². The molecule has 154 valence electrons. The van der Waals surface area contributed by atoms with Gasteiger partial charge in [0, 0.05) is 30.6 Å². The molecule has 1 heterocycles. The minimum atomic E-state index is -0.138. The average molecular weight is 388 g/mol. The maximum atomic E-state index is 12.6. The Labute approximate surface area is 167 Å². The van der Waals surface area contributed by atoms with Gasteiger partial charge >= 0.3 is 0 Å². The highest BCUT2D eigenvalue weighted by Crippen LogP contribution is 2.27. The number of pyridine rings is 1. The molecule has 0 aliphatic rings. The Morgan fingerprint density at radius 3 is 2.64 bits per heavy atom. The van der Waals surface area contributed by atoms with Gasteiger partial charge in [0.1, 0.15) is 5.75 Å². The Bertz CT molecular complexity index is 856. The Hall–Kier alpha value is -2.34. The lowest BCUT2D eigenvalue weighted by molar-refractivity contribution is -0.123. The van der Waals surface area contributed by atoms with Crippen LogP contribution in [-0.4, -0.2) is 49.2 Å². The standard InChI is InChI=1S/C22H33N3O3/c1-6-11-25-20-13-17(28-15-21(26)23-10-7-12-24(4)5)8-9-18(20)19(16(2)3)14-22(25)27/h8-9,13-14,16H,6-7,10-12,15H2,1-5H3,(H,23,26). The number of nitrogens with zero attached hydrogens (tertiary/aromatic N) is 2. The molecule has 1 N–H and O–H groups in total. The highest BCUT2D eigenvalue weighted by molar-refractivity contribution is 5.84. The van der Waals surface area contributed by atoms with Crippen molar-refractivity contribution >= 4 is 16.8 Å². The third kappa shape index (κ3) is 5.83. The number of rotatable bonds is 10. The van der Waals surface area contributed by atoms with E-state index in [1.165, 1.54) is 0 Å². The van der Waals surface area contributed by atoms with Gasteiger partial charge in [0.05, 0.1) is 5.52 Å². The third-order valence-corrected chi connectivity index (χ3v) is 4.66. The normalized spacial score (nSPS) is 11.4. The van der Waals surface area contributed by atoms with Gasteiger partial charge in [0.25, 0.3) is 11.5 Å². The van der Waals surface area contributed by atoms with Crippen LogP contribution in [0.15, 0.2) is 29.1 Å².